The lowest BCUT2D eigenvalue weighted by molar-refractivity contribution is 0.0598. The molecule has 1 aliphatic heterocycles. The van der Waals surface area contributed by atoms with Crippen molar-refractivity contribution in [1.82, 2.24) is 0 Å². The van der Waals surface area contributed by atoms with Crippen molar-refractivity contribution in [2.75, 3.05) is 14.2 Å². The third-order valence-corrected chi connectivity index (χ3v) is 5.16. The van der Waals surface area contributed by atoms with Gasteiger partial charge in [-0.2, -0.15) is 10.5 Å². The van der Waals surface area contributed by atoms with E-state index < -0.39 is 22.4 Å². The Balaban J connectivity index is 2.71. The monoisotopic (exact) mass is 308 g/mol. The molecule has 8 heteroatoms. The first kappa shape index (κ1) is 14.4. The highest BCUT2D eigenvalue weighted by Gasteiger charge is 2.42. The predicted molar refractivity (Wildman–Crippen MR) is 71.3 cm³/mol. The number of hydrogen-bond acceptors (Lipinski definition) is 8. The summed E-state index contributed by atoms with van der Waals surface area (Å²) < 4.78 is 9.34. The zero-order chi connectivity index (χ0) is 14.9. The number of thiophene rings is 1. The summed E-state index contributed by atoms with van der Waals surface area (Å²) in [6, 6.07) is 4.07. The van der Waals surface area contributed by atoms with Crippen LogP contribution in [0.4, 0.5) is 0 Å². The van der Waals surface area contributed by atoms with Crippen LogP contribution in [-0.4, -0.2) is 26.2 Å². The van der Waals surface area contributed by atoms with Crippen molar-refractivity contribution in [1.29, 1.82) is 10.5 Å². The summed E-state index contributed by atoms with van der Waals surface area (Å²) in [5, 5.41) is 17.0. The predicted octanol–water partition coefficient (Wildman–Crippen LogP) is 2.20. The molecular weight excluding hydrogens is 300 g/mol. The van der Waals surface area contributed by atoms with E-state index in [1.54, 1.807) is 0 Å². The first-order valence-electron chi connectivity index (χ1n) is 5.36. The molecule has 2 unspecified atom stereocenters. The molecule has 0 aromatic carbocycles. The van der Waals surface area contributed by atoms with Crippen LogP contribution in [0.5, 0.6) is 0 Å². The maximum atomic E-state index is 11.8. The molecule has 1 aliphatic rings. The van der Waals surface area contributed by atoms with E-state index in [1.165, 1.54) is 14.2 Å². The molecule has 1 aromatic heterocycles. The zero-order valence-corrected chi connectivity index (χ0v) is 12.1. The van der Waals surface area contributed by atoms with Gasteiger partial charge in [-0.3, -0.25) is 0 Å². The molecule has 0 bridgehead atoms. The number of nitriles is 2. The summed E-state index contributed by atoms with van der Waals surface area (Å²) in [5.41, 5.74) is 0.808. The molecule has 0 N–H and O–H groups in total. The number of hydrogen-bond donors (Lipinski definition) is 0. The molecule has 1 aromatic rings. The Bertz CT molecular complexity index is 614. The molecule has 102 valence electrons. The van der Waals surface area contributed by atoms with E-state index in [-0.39, 0.29) is 9.75 Å². The number of fused-ring (bicyclic) bond motifs is 1. The minimum absolute atomic E-state index is 0.180. The van der Waals surface area contributed by atoms with Crippen molar-refractivity contribution in [2.45, 2.75) is 10.5 Å². The molecule has 0 saturated carbocycles. The molecule has 20 heavy (non-hydrogen) atoms. The summed E-state index contributed by atoms with van der Waals surface area (Å²) in [6.07, 6.45) is 0. The average molecular weight is 308 g/mol. The molecule has 0 aliphatic carbocycles. The highest BCUT2D eigenvalue weighted by Crippen LogP contribution is 2.55. The standard InChI is InChI=1S/C12H8N2O4S2/c1-17-11(15)9-7-5(3-13)19-6(4-14)8(7)10(20-9)12(16)18-2/h5-6H,1-2H3. The molecule has 2 rings (SSSR count). The quantitative estimate of drug-likeness (QED) is 0.772. The van der Waals surface area contributed by atoms with Gasteiger partial charge in [0.25, 0.3) is 0 Å². The summed E-state index contributed by atoms with van der Waals surface area (Å²) in [6.45, 7) is 0. The second-order valence-electron chi connectivity index (χ2n) is 3.73. The molecule has 0 fully saturated rings. The Morgan fingerprint density at radius 1 is 1.00 bits per heavy atom. The number of rotatable bonds is 2. The number of carbonyl (C=O) groups is 2. The van der Waals surface area contributed by atoms with Gasteiger partial charge < -0.3 is 9.47 Å². The molecule has 0 radical (unpaired) electrons. The minimum atomic E-state index is -0.668. The average Bonchev–Trinajstić information content (AvgIpc) is 3.03. The number of carbonyl (C=O) groups excluding carboxylic acids is 2. The van der Waals surface area contributed by atoms with Gasteiger partial charge in [0.15, 0.2) is 0 Å². The maximum absolute atomic E-state index is 11.8. The van der Waals surface area contributed by atoms with Gasteiger partial charge in [-0.05, 0) is 0 Å². The van der Waals surface area contributed by atoms with Crippen LogP contribution in [0.2, 0.25) is 0 Å². The molecule has 0 amide bonds. The normalized spacial score (nSPS) is 19.6. The van der Waals surface area contributed by atoms with Crippen LogP contribution in [-0.2, 0) is 9.47 Å². The van der Waals surface area contributed by atoms with E-state index in [0.717, 1.165) is 23.1 Å². The van der Waals surface area contributed by atoms with Crippen molar-refractivity contribution in [3.63, 3.8) is 0 Å². The van der Waals surface area contributed by atoms with Crippen LogP contribution in [0.1, 0.15) is 41.0 Å². The van der Waals surface area contributed by atoms with Crippen LogP contribution in [0.3, 0.4) is 0 Å². The van der Waals surface area contributed by atoms with Crippen LogP contribution in [0.15, 0.2) is 0 Å². The Morgan fingerprint density at radius 3 is 1.70 bits per heavy atom. The third-order valence-electron chi connectivity index (χ3n) is 2.76. The highest BCUT2D eigenvalue weighted by atomic mass is 32.2. The molecule has 6 nitrogen and oxygen atoms in total. The van der Waals surface area contributed by atoms with Gasteiger partial charge >= 0.3 is 11.9 Å². The number of esters is 2. The van der Waals surface area contributed by atoms with Crippen LogP contribution >= 0.6 is 23.1 Å². The van der Waals surface area contributed by atoms with E-state index in [4.69, 9.17) is 10.5 Å². The van der Waals surface area contributed by atoms with Crippen LogP contribution in [0.25, 0.3) is 0 Å². The van der Waals surface area contributed by atoms with Crippen molar-refractivity contribution < 1.29 is 19.1 Å². The van der Waals surface area contributed by atoms with Crippen molar-refractivity contribution in [3.8, 4) is 12.1 Å². The second kappa shape index (κ2) is 5.53. The van der Waals surface area contributed by atoms with Gasteiger partial charge in [0.05, 0.1) is 26.4 Å². The highest BCUT2D eigenvalue weighted by molar-refractivity contribution is 8.00. The van der Waals surface area contributed by atoms with Crippen LogP contribution < -0.4 is 0 Å². The maximum Gasteiger partial charge on any atom is 0.348 e. The number of methoxy groups -OCH3 is 2. The van der Waals surface area contributed by atoms with Crippen molar-refractivity contribution in [2.24, 2.45) is 0 Å². The number of ether oxygens (including phenoxy) is 2. The Hall–Kier alpha value is -2.03. The fourth-order valence-corrected chi connectivity index (χ4v) is 4.45. The lowest BCUT2D eigenvalue weighted by Gasteiger charge is -2.02. The molecule has 2 atom stereocenters. The second-order valence-corrected chi connectivity index (χ2v) is 5.96. The van der Waals surface area contributed by atoms with Gasteiger partial charge in [-0.25, -0.2) is 9.59 Å². The number of thioether (sulfide) groups is 1. The van der Waals surface area contributed by atoms with Gasteiger partial charge in [-0.15, -0.1) is 23.1 Å². The zero-order valence-electron chi connectivity index (χ0n) is 10.5. The molecule has 0 spiro atoms. The molecule has 2 heterocycles. The topological polar surface area (TPSA) is 100 Å². The van der Waals surface area contributed by atoms with Gasteiger partial charge in [0.2, 0.25) is 0 Å². The van der Waals surface area contributed by atoms with E-state index in [2.05, 4.69) is 9.47 Å². The smallest absolute Gasteiger partial charge is 0.348 e. The summed E-state index contributed by atoms with van der Waals surface area (Å²) in [7, 11) is 2.44. The first-order chi connectivity index (χ1) is 9.58. The Morgan fingerprint density at radius 2 is 1.40 bits per heavy atom. The van der Waals surface area contributed by atoms with Gasteiger partial charge in [-0.1, -0.05) is 0 Å². The van der Waals surface area contributed by atoms with Crippen LogP contribution in [0, 0.1) is 22.7 Å². The summed E-state index contributed by atoms with van der Waals surface area (Å²) in [4.78, 5) is 23.9. The van der Waals surface area contributed by atoms with Crippen molar-refractivity contribution in [3.05, 3.63) is 20.9 Å². The lowest BCUT2D eigenvalue weighted by atomic mass is 10.0. The third kappa shape index (κ3) is 2.03. The fraction of sp³-hybridized carbons (Fsp3) is 0.333. The van der Waals surface area contributed by atoms with E-state index in [1.807, 2.05) is 12.1 Å². The minimum Gasteiger partial charge on any atom is -0.465 e. The number of nitrogens with zero attached hydrogens (tertiary/aromatic N) is 2. The Labute approximate surface area is 122 Å². The SMILES string of the molecule is COC(=O)c1sc(C(=O)OC)c2c1C(C#N)SC2C#N. The van der Waals surface area contributed by atoms with E-state index in [0.29, 0.717) is 11.1 Å². The van der Waals surface area contributed by atoms with E-state index in [9.17, 15) is 9.59 Å². The van der Waals surface area contributed by atoms with Crippen molar-refractivity contribution >= 4 is 35.0 Å². The largest absolute Gasteiger partial charge is 0.465 e. The lowest BCUT2D eigenvalue weighted by Crippen LogP contribution is -2.03. The summed E-state index contributed by atoms with van der Waals surface area (Å²) >= 11 is 2.00. The van der Waals surface area contributed by atoms with Gasteiger partial charge in [0.1, 0.15) is 20.3 Å². The van der Waals surface area contributed by atoms with Gasteiger partial charge in [0, 0.05) is 11.1 Å². The van der Waals surface area contributed by atoms with E-state index >= 15 is 0 Å². The molecular formula is C12H8N2O4S2. The first-order valence-corrected chi connectivity index (χ1v) is 7.12. The Kier molecular flexibility index (Phi) is 3.98. The molecule has 0 saturated heterocycles. The summed E-state index contributed by atoms with van der Waals surface area (Å²) in [5.74, 6) is -1.25. The fourth-order valence-electron chi connectivity index (χ4n) is 1.93.